The van der Waals surface area contributed by atoms with Crippen LogP contribution in [0.3, 0.4) is 0 Å². The maximum absolute atomic E-state index is 5.66. The maximum atomic E-state index is 5.66. The molecular weight excluding hydrogens is 306 g/mol. The van der Waals surface area contributed by atoms with Gasteiger partial charge in [-0.05, 0) is 53.2 Å². The molecule has 0 aliphatic carbocycles. The third-order valence-corrected chi connectivity index (χ3v) is 3.54. The van der Waals surface area contributed by atoms with Crippen molar-refractivity contribution in [3.05, 3.63) is 52.4 Å². The Morgan fingerprint density at radius 3 is 2.74 bits per heavy atom. The van der Waals surface area contributed by atoms with Gasteiger partial charge in [-0.25, -0.2) is 0 Å². The zero-order chi connectivity index (χ0) is 13.7. The summed E-state index contributed by atoms with van der Waals surface area (Å²) >= 11 is 3.56. The molecule has 19 heavy (non-hydrogen) atoms. The Balaban J connectivity index is 2.23. The van der Waals surface area contributed by atoms with Crippen LogP contribution in [0.15, 0.2) is 45.7 Å². The molecule has 0 radical (unpaired) electrons. The van der Waals surface area contributed by atoms with Crippen molar-refractivity contribution in [3.63, 3.8) is 0 Å². The molecule has 0 amide bonds. The summed E-state index contributed by atoms with van der Waals surface area (Å²) in [4.78, 5) is 0. The van der Waals surface area contributed by atoms with Crippen molar-refractivity contribution in [2.45, 2.75) is 19.4 Å². The molecule has 0 fully saturated rings. The maximum Gasteiger partial charge on any atom is 0.133 e. The van der Waals surface area contributed by atoms with Crippen LogP contribution in [0.4, 0.5) is 0 Å². The second kappa shape index (κ2) is 6.78. The molecule has 2 rings (SSSR count). The highest BCUT2D eigenvalue weighted by Gasteiger charge is 2.14. The Kier molecular flexibility index (Phi) is 5.05. The largest absolute Gasteiger partial charge is 0.492 e. The van der Waals surface area contributed by atoms with E-state index in [1.807, 2.05) is 19.2 Å². The van der Waals surface area contributed by atoms with Gasteiger partial charge < -0.3 is 14.5 Å². The van der Waals surface area contributed by atoms with E-state index in [4.69, 9.17) is 9.15 Å². The van der Waals surface area contributed by atoms with Crippen molar-refractivity contribution in [2.75, 3.05) is 13.7 Å². The van der Waals surface area contributed by atoms with Crippen LogP contribution < -0.4 is 10.1 Å². The lowest BCUT2D eigenvalue weighted by Gasteiger charge is -2.16. The predicted octanol–water partition coefficient (Wildman–Crippen LogP) is 4.14. The van der Waals surface area contributed by atoms with E-state index < -0.39 is 0 Å². The van der Waals surface area contributed by atoms with E-state index in [0.717, 1.165) is 28.8 Å². The average molecular weight is 324 g/mol. The lowest BCUT2D eigenvalue weighted by Crippen LogP contribution is -2.17. The van der Waals surface area contributed by atoms with Crippen molar-refractivity contribution in [1.29, 1.82) is 0 Å². The van der Waals surface area contributed by atoms with Crippen LogP contribution in [-0.4, -0.2) is 13.7 Å². The molecule has 0 bridgehead atoms. The van der Waals surface area contributed by atoms with Crippen LogP contribution >= 0.6 is 15.9 Å². The first kappa shape index (κ1) is 14.2. The van der Waals surface area contributed by atoms with Crippen LogP contribution in [0.1, 0.15) is 30.5 Å². The number of rotatable bonds is 6. The first-order chi connectivity index (χ1) is 9.26. The quantitative estimate of drug-likeness (QED) is 0.867. The minimum absolute atomic E-state index is 0.121. The van der Waals surface area contributed by atoms with E-state index >= 15 is 0 Å². The summed E-state index contributed by atoms with van der Waals surface area (Å²) in [5.41, 5.74) is 2.27. The van der Waals surface area contributed by atoms with Crippen molar-refractivity contribution in [2.24, 2.45) is 0 Å². The highest BCUT2D eigenvalue weighted by atomic mass is 79.9. The number of hydrogen-bond donors (Lipinski definition) is 1. The molecule has 1 aromatic heterocycles. The number of furan rings is 1. The van der Waals surface area contributed by atoms with Gasteiger partial charge in [0.05, 0.1) is 29.6 Å². The van der Waals surface area contributed by atoms with E-state index in [1.165, 1.54) is 5.56 Å². The minimum atomic E-state index is 0.121. The Bertz CT molecular complexity index is 511. The fourth-order valence-electron chi connectivity index (χ4n) is 1.99. The fraction of sp³-hybridized carbons (Fsp3) is 0.333. The Morgan fingerprint density at radius 2 is 2.16 bits per heavy atom. The molecule has 0 aliphatic heterocycles. The van der Waals surface area contributed by atoms with Crippen LogP contribution in [0.25, 0.3) is 0 Å². The molecule has 1 unspecified atom stereocenters. The smallest absolute Gasteiger partial charge is 0.133 e. The lowest BCUT2D eigenvalue weighted by atomic mass is 10.0. The molecule has 3 nitrogen and oxygen atoms in total. The van der Waals surface area contributed by atoms with Gasteiger partial charge in [0.15, 0.2) is 0 Å². The molecule has 0 saturated heterocycles. The van der Waals surface area contributed by atoms with Crippen LogP contribution in [0, 0.1) is 0 Å². The zero-order valence-corrected chi connectivity index (χ0v) is 12.7. The third kappa shape index (κ3) is 3.39. The van der Waals surface area contributed by atoms with E-state index in [-0.39, 0.29) is 6.04 Å². The monoisotopic (exact) mass is 323 g/mol. The van der Waals surface area contributed by atoms with Gasteiger partial charge in [0.2, 0.25) is 0 Å². The van der Waals surface area contributed by atoms with E-state index in [1.54, 1.807) is 12.5 Å². The summed E-state index contributed by atoms with van der Waals surface area (Å²) in [6, 6.07) is 8.24. The SMILES string of the molecule is CCCOc1ccc(C(NC)c2ccoc2)cc1Br. The average Bonchev–Trinajstić information content (AvgIpc) is 2.92. The molecule has 0 aliphatic rings. The summed E-state index contributed by atoms with van der Waals surface area (Å²) in [6.07, 6.45) is 4.45. The first-order valence-electron chi connectivity index (χ1n) is 6.38. The number of benzene rings is 1. The predicted molar refractivity (Wildman–Crippen MR) is 79.5 cm³/mol. The Hall–Kier alpha value is -1.26. The van der Waals surface area contributed by atoms with Gasteiger partial charge in [-0.3, -0.25) is 0 Å². The summed E-state index contributed by atoms with van der Waals surface area (Å²) in [5, 5.41) is 3.29. The summed E-state index contributed by atoms with van der Waals surface area (Å²) in [7, 11) is 1.94. The first-order valence-corrected chi connectivity index (χ1v) is 7.17. The molecule has 102 valence electrons. The van der Waals surface area contributed by atoms with Gasteiger partial charge in [0.25, 0.3) is 0 Å². The van der Waals surface area contributed by atoms with Gasteiger partial charge in [-0.15, -0.1) is 0 Å². The number of halogens is 1. The summed E-state index contributed by atoms with van der Waals surface area (Å²) in [6.45, 7) is 2.83. The molecule has 1 N–H and O–H groups in total. The van der Waals surface area contributed by atoms with Crippen molar-refractivity contribution < 1.29 is 9.15 Å². The highest BCUT2D eigenvalue weighted by Crippen LogP contribution is 2.30. The van der Waals surface area contributed by atoms with Crippen LogP contribution in [-0.2, 0) is 0 Å². The van der Waals surface area contributed by atoms with Crippen LogP contribution in [0.5, 0.6) is 5.75 Å². The lowest BCUT2D eigenvalue weighted by molar-refractivity contribution is 0.315. The zero-order valence-electron chi connectivity index (χ0n) is 11.2. The normalized spacial score (nSPS) is 12.4. The molecule has 1 aromatic carbocycles. The number of hydrogen-bond acceptors (Lipinski definition) is 3. The molecule has 1 heterocycles. The Labute approximate surface area is 122 Å². The summed E-state index contributed by atoms with van der Waals surface area (Å²) in [5.74, 6) is 0.882. The summed E-state index contributed by atoms with van der Waals surface area (Å²) < 4.78 is 11.8. The molecule has 0 spiro atoms. The van der Waals surface area contributed by atoms with Gasteiger partial charge >= 0.3 is 0 Å². The van der Waals surface area contributed by atoms with E-state index in [0.29, 0.717) is 0 Å². The van der Waals surface area contributed by atoms with Crippen molar-refractivity contribution in [3.8, 4) is 5.75 Å². The third-order valence-electron chi connectivity index (χ3n) is 2.92. The van der Waals surface area contributed by atoms with E-state index in [9.17, 15) is 0 Å². The highest BCUT2D eigenvalue weighted by molar-refractivity contribution is 9.10. The van der Waals surface area contributed by atoms with Gasteiger partial charge in [0.1, 0.15) is 5.75 Å². The van der Waals surface area contributed by atoms with E-state index in [2.05, 4.69) is 40.3 Å². The topological polar surface area (TPSA) is 34.4 Å². The number of ether oxygens (including phenoxy) is 1. The fourth-order valence-corrected chi connectivity index (χ4v) is 2.50. The minimum Gasteiger partial charge on any atom is -0.492 e. The molecule has 4 heteroatoms. The molecule has 2 aromatic rings. The molecular formula is C15H18BrNO2. The van der Waals surface area contributed by atoms with Gasteiger partial charge in [0, 0.05) is 5.56 Å². The van der Waals surface area contributed by atoms with Crippen LogP contribution in [0.2, 0.25) is 0 Å². The second-order valence-electron chi connectivity index (χ2n) is 4.32. The van der Waals surface area contributed by atoms with Crippen molar-refractivity contribution in [1.82, 2.24) is 5.32 Å². The van der Waals surface area contributed by atoms with Gasteiger partial charge in [-0.1, -0.05) is 13.0 Å². The Morgan fingerprint density at radius 1 is 1.32 bits per heavy atom. The second-order valence-corrected chi connectivity index (χ2v) is 5.17. The number of nitrogens with one attached hydrogen (secondary N) is 1. The van der Waals surface area contributed by atoms with Gasteiger partial charge in [-0.2, -0.15) is 0 Å². The van der Waals surface area contributed by atoms with Crippen molar-refractivity contribution >= 4 is 15.9 Å². The standard InChI is InChI=1S/C15H18BrNO2/c1-3-7-19-14-5-4-11(9-13(14)16)15(17-2)12-6-8-18-10-12/h4-6,8-10,15,17H,3,7H2,1-2H3. The molecule has 0 saturated carbocycles. The molecule has 1 atom stereocenters.